The molecule has 0 aliphatic carbocycles. The third-order valence-electron chi connectivity index (χ3n) is 3.90. The van der Waals surface area contributed by atoms with E-state index in [1.54, 1.807) is 23.1 Å². The topological polar surface area (TPSA) is 52.6 Å². The number of rotatable bonds is 4. The van der Waals surface area contributed by atoms with Gasteiger partial charge in [0.05, 0.1) is 12.6 Å². The molecule has 1 aliphatic heterocycles. The number of hydrogen-bond donors (Lipinski definition) is 2. The molecular weight excluding hydrogens is 311 g/mol. The zero-order valence-corrected chi connectivity index (χ0v) is 13.5. The lowest BCUT2D eigenvalue weighted by Crippen LogP contribution is -2.45. The zero-order chi connectivity index (χ0) is 15.4. The second-order valence-electron chi connectivity index (χ2n) is 5.39. The standard InChI is InChI=1S/C15H20Cl2N2O2/c1-10(14-12(16)5-2-6-13(14)17)8-18-15(21)19-7-3-4-11(19)9-20/h2,5-6,10-11,20H,3-4,7-9H2,1H3,(H,18,21). The lowest BCUT2D eigenvalue weighted by molar-refractivity contribution is 0.157. The van der Waals surface area contributed by atoms with E-state index in [0.717, 1.165) is 18.4 Å². The van der Waals surface area contributed by atoms with Crippen LogP contribution in [0.25, 0.3) is 0 Å². The third kappa shape index (κ3) is 3.82. The SMILES string of the molecule is CC(CNC(=O)N1CCCC1CO)c1c(Cl)cccc1Cl. The van der Waals surface area contributed by atoms with Crippen LogP contribution in [0.1, 0.15) is 31.2 Å². The molecule has 1 aliphatic rings. The lowest BCUT2D eigenvalue weighted by atomic mass is 10.0. The average Bonchev–Trinajstić information content (AvgIpc) is 2.93. The number of urea groups is 1. The van der Waals surface area contributed by atoms with E-state index < -0.39 is 0 Å². The van der Waals surface area contributed by atoms with Gasteiger partial charge in [-0.3, -0.25) is 0 Å². The molecular formula is C15H20Cl2N2O2. The largest absolute Gasteiger partial charge is 0.394 e. The normalized spacial score (nSPS) is 19.6. The monoisotopic (exact) mass is 330 g/mol. The van der Waals surface area contributed by atoms with Crippen LogP contribution in [0.5, 0.6) is 0 Å². The van der Waals surface area contributed by atoms with E-state index in [2.05, 4.69) is 5.32 Å². The highest BCUT2D eigenvalue weighted by atomic mass is 35.5. The first kappa shape index (κ1) is 16.4. The van der Waals surface area contributed by atoms with Gasteiger partial charge in [-0.05, 0) is 30.5 Å². The van der Waals surface area contributed by atoms with Crippen molar-refractivity contribution in [1.82, 2.24) is 10.2 Å². The predicted octanol–water partition coefficient (Wildman–Crippen LogP) is 3.26. The lowest BCUT2D eigenvalue weighted by Gasteiger charge is -2.24. The van der Waals surface area contributed by atoms with Crippen molar-refractivity contribution in [2.45, 2.75) is 31.7 Å². The summed E-state index contributed by atoms with van der Waals surface area (Å²) in [7, 11) is 0. The number of hydrogen-bond acceptors (Lipinski definition) is 2. The first-order chi connectivity index (χ1) is 10.0. The van der Waals surface area contributed by atoms with Gasteiger partial charge in [0.15, 0.2) is 0 Å². The van der Waals surface area contributed by atoms with Crippen LogP contribution in [0.3, 0.4) is 0 Å². The van der Waals surface area contributed by atoms with Gasteiger partial charge in [0.2, 0.25) is 0 Å². The zero-order valence-electron chi connectivity index (χ0n) is 12.0. The number of carbonyl (C=O) groups is 1. The molecule has 2 amide bonds. The van der Waals surface area contributed by atoms with Gasteiger partial charge in [-0.15, -0.1) is 0 Å². The molecule has 21 heavy (non-hydrogen) atoms. The molecule has 2 unspecified atom stereocenters. The van der Waals surface area contributed by atoms with Crippen LogP contribution in [-0.4, -0.2) is 41.8 Å². The molecule has 1 heterocycles. The van der Waals surface area contributed by atoms with Gasteiger partial charge in [-0.2, -0.15) is 0 Å². The fourth-order valence-corrected chi connectivity index (χ4v) is 3.49. The highest BCUT2D eigenvalue weighted by Crippen LogP contribution is 2.31. The number of nitrogens with zero attached hydrogens (tertiary/aromatic N) is 1. The Kier molecular flexibility index (Phi) is 5.73. The maximum atomic E-state index is 12.2. The van der Waals surface area contributed by atoms with Crippen LogP contribution in [0.4, 0.5) is 4.79 Å². The van der Waals surface area contributed by atoms with Crippen LogP contribution in [0, 0.1) is 0 Å². The number of aliphatic hydroxyl groups is 1. The fourth-order valence-electron chi connectivity index (χ4n) is 2.72. The van der Waals surface area contributed by atoms with Crippen molar-refractivity contribution in [2.75, 3.05) is 19.7 Å². The Balaban J connectivity index is 1.95. The highest BCUT2D eigenvalue weighted by Gasteiger charge is 2.28. The summed E-state index contributed by atoms with van der Waals surface area (Å²) in [5.41, 5.74) is 0.848. The van der Waals surface area contributed by atoms with Crippen molar-refractivity contribution in [1.29, 1.82) is 0 Å². The van der Waals surface area contributed by atoms with Crippen molar-refractivity contribution < 1.29 is 9.90 Å². The summed E-state index contributed by atoms with van der Waals surface area (Å²) in [5, 5.41) is 13.4. The molecule has 1 aromatic rings. The van der Waals surface area contributed by atoms with E-state index in [1.165, 1.54) is 0 Å². The molecule has 6 heteroatoms. The number of aliphatic hydroxyl groups excluding tert-OH is 1. The van der Waals surface area contributed by atoms with Crippen LogP contribution in [-0.2, 0) is 0 Å². The summed E-state index contributed by atoms with van der Waals surface area (Å²) < 4.78 is 0. The average molecular weight is 331 g/mol. The van der Waals surface area contributed by atoms with Crippen molar-refractivity contribution in [2.24, 2.45) is 0 Å². The molecule has 0 aromatic heterocycles. The van der Waals surface area contributed by atoms with Crippen molar-refractivity contribution >= 4 is 29.2 Å². The summed E-state index contributed by atoms with van der Waals surface area (Å²) in [4.78, 5) is 13.9. The summed E-state index contributed by atoms with van der Waals surface area (Å²) in [6.07, 6.45) is 1.79. The number of likely N-dealkylation sites (tertiary alicyclic amines) is 1. The first-order valence-corrected chi connectivity index (χ1v) is 7.89. The van der Waals surface area contributed by atoms with E-state index >= 15 is 0 Å². The Labute approximate surface area is 135 Å². The molecule has 1 saturated heterocycles. The van der Waals surface area contributed by atoms with Gasteiger partial charge >= 0.3 is 6.03 Å². The van der Waals surface area contributed by atoms with Gasteiger partial charge in [-0.1, -0.05) is 36.2 Å². The summed E-state index contributed by atoms with van der Waals surface area (Å²) in [6, 6.07) is 5.19. The molecule has 0 spiro atoms. The molecule has 0 saturated carbocycles. The van der Waals surface area contributed by atoms with E-state index in [9.17, 15) is 9.90 Å². The van der Waals surface area contributed by atoms with Crippen molar-refractivity contribution in [3.63, 3.8) is 0 Å². The number of benzene rings is 1. The van der Waals surface area contributed by atoms with Gasteiger partial charge in [0.1, 0.15) is 0 Å². The fraction of sp³-hybridized carbons (Fsp3) is 0.533. The quantitative estimate of drug-likeness (QED) is 0.890. The minimum atomic E-state index is -0.137. The molecule has 2 rings (SSSR count). The Morgan fingerprint density at radius 2 is 2.14 bits per heavy atom. The van der Waals surface area contributed by atoms with E-state index in [1.807, 2.05) is 6.92 Å². The molecule has 1 fully saturated rings. The Bertz CT molecular complexity index is 490. The summed E-state index contributed by atoms with van der Waals surface area (Å²) in [5.74, 6) is 0.0188. The molecule has 0 bridgehead atoms. The maximum absolute atomic E-state index is 12.2. The maximum Gasteiger partial charge on any atom is 0.317 e. The highest BCUT2D eigenvalue weighted by molar-refractivity contribution is 6.36. The van der Waals surface area contributed by atoms with E-state index in [4.69, 9.17) is 23.2 Å². The van der Waals surface area contributed by atoms with E-state index in [-0.39, 0.29) is 24.6 Å². The predicted molar refractivity (Wildman–Crippen MR) is 85.1 cm³/mol. The number of carbonyl (C=O) groups excluding carboxylic acids is 1. The molecule has 1 aromatic carbocycles. The Morgan fingerprint density at radius 1 is 1.48 bits per heavy atom. The summed E-state index contributed by atoms with van der Waals surface area (Å²) in [6.45, 7) is 3.13. The molecule has 2 atom stereocenters. The number of amides is 2. The van der Waals surface area contributed by atoms with Crippen molar-refractivity contribution in [3.8, 4) is 0 Å². The Morgan fingerprint density at radius 3 is 2.76 bits per heavy atom. The number of nitrogens with one attached hydrogen (secondary N) is 1. The Hall–Kier alpha value is -0.970. The first-order valence-electron chi connectivity index (χ1n) is 7.13. The van der Waals surface area contributed by atoms with Crippen LogP contribution >= 0.6 is 23.2 Å². The van der Waals surface area contributed by atoms with Gasteiger partial charge in [0.25, 0.3) is 0 Å². The van der Waals surface area contributed by atoms with Crippen molar-refractivity contribution in [3.05, 3.63) is 33.8 Å². The number of halogens is 2. The molecule has 4 nitrogen and oxygen atoms in total. The van der Waals surface area contributed by atoms with Crippen LogP contribution in [0.2, 0.25) is 10.0 Å². The summed E-state index contributed by atoms with van der Waals surface area (Å²) >= 11 is 12.3. The minimum Gasteiger partial charge on any atom is -0.394 e. The second kappa shape index (κ2) is 7.34. The molecule has 0 radical (unpaired) electrons. The minimum absolute atomic E-state index is 0.0132. The molecule has 116 valence electrons. The van der Waals surface area contributed by atoms with Gasteiger partial charge in [0, 0.05) is 29.1 Å². The molecule has 2 N–H and O–H groups in total. The van der Waals surface area contributed by atoms with Gasteiger partial charge in [-0.25, -0.2) is 4.79 Å². The third-order valence-corrected chi connectivity index (χ3v) is 4.56. The van der Waals surface area contributed by atoms with Gasteiger partial charge < -0.3 is 15.3 Å². The smallest absolute Gasteiger partial charge is 0.317 e. The van der Waals surface area contributed by atoms with Crippen LogP contribution < -0.4 is 5.32 Å². The van der Waals surface area contributed by atoms with E-state index in [0.29, 0.717) is 23.1 Å². The van der Waals surface area contributed by atoms with Crippen LogP contribution in [0.15, 0.2) is 18.2 Å². The second-order valence-corrected chi connectivity index (χ2v) is 6.21.